The Morgan fingerprint density at radius 2 is 2.00 bits per heavy atom. The molecule has 8 heteroatoms. The molecule has 8 nitrogen and oxygen atoms in total. The number of carbonyl (C=O) groups is 1. The predicted octanol–water partition coefficient (Wildman–Crippen LogP) is 1.90. The van der Waals surface area contributed by atoms with Crippen molar-refractivity contribution in [3.8, 4) is 0 Å². The molecule has 2 aromatic heterocycles. The van der Waals surface area contributed by atoms with Crippen molar-refractivity contribution in [2.75, 3.05) is 7.05 Å². The van der Waals surface area contributed by atoms with Crippen molar-refractivity contribution in [1.82, 2.24) is 19.7 Å². The van der Waals surface area contributed by atoms with Gasteiger partial charge in [0.15, 0.2) is 5.58 Å². The molecule has 0 radical (unpaired) electrons. The van der Waals surface area contributed by atoms with Crippen LogP contribution in [0.25, 0.3) is 11.1 Å². The van der Waals surface area contributed by atoms with E-state index in [0.717, 1.165) is 5.56 Å². The van der Waals surface area contributed by atoms with Gasteiger partial charge in [0.05, 0.1) is 12.1 Å². The molecule has 3 aromatic rings. The van der Waals surface area contributed by atoms with Crippen molar-refractivity contribution in [3.63, 3.8) is 0 Å². The smallest absolute Gasteiger partial charge is 0.419 e. The Kier molecular flexibility index (Phi) is 4.69. The number of rotatable bonds is 6. The van der Waals surface area contributed by atoms with Crippen molar-refractivity contribution < 1.29 is 13.6 Å². The normalized spacial score (nSPS) is 11.2. The van der Waals surface area contributed by atoms with Crippen LogP contribution in [0, 0.1) is 6.92 Å². The van der Waals surface area contributed by atoms with E-state index in [1.165, 1.54) is 9.47 Å². The summed E-state index contributed by atoms with van der Waals surface area (Å²) in [6.45, 7) is 4.35. The lowest BCUT2D eigenvalue weighted by atomic mass is 10.2. The number of amides is 1. The number of hydrogen-bond donors (Lipinski definition) is 0. The van der Waals surface area contributed by atoms with E-state index in [9.17, 15) is 9.59 Å². The molecule has 0 saturated carbocycles. The lowest BCUT2D eigenvalue weighted by molar-refractivity contribution is -0.130. The number of oxazole rings is 1. The molecule has 132 valence electrons. The lowest BCUT2D eigenvalue weighted by Crippen LogP contribution is -2.28. The standard InChI is InChI=1S/C17H20N4O4/c1-4-14-18-19-15(25-14)10-20(3)16(22)7-8-21-12-9-11(2)5-6-13(12)24-17(21)23/h5-6,9H,4,7-8,10H2,1-3H3. The molecule has 0 atom stereocenters. The molecule has 0 aliphatic heterocycles. The van der Waals surface area contributed by atoms with Gasteiger partial charge in [-0.3, -0.25) is 9.36 Å². The maximum atomic E-state index is 12.3. The minimum Gasteiger partial charge on any atom is -0.423 e. The first-order valence-corrected chi connectivity index (χ1v) is 8.13. The Bertz CT molecular complexity index is 953. The Hall–Kier alpha value is -2.90. The second-order valence-electron chi connectivity index (χ2n) is 5.93. The molecule has 0 spiro atoms. The predicted molar refractivity (Wildman–Crippen MR) is 90.0 cm³/mol. The summed E-state index contributed by atoms with van der Waals surface area (Å²) in [7, 11) is 1.67. The zero-order chi connectivity index (χ0) is 18.0. The highest BCUT2D eigenvalue weighted by Crippen LogP contribution is 2.15. The zero-order valence-electron chi connectivity index (χ0n) is 14.5. The summed E-state index contributed by atoms with van der Waals surface area (Å²) in [6.07, 6.45) is 0.828. The van der Waals surface area contributed by atoms with E-state index in [-0.39, 0.29) is 25.4 Å². The van der Waals surface area contributed by atoms with Crippen LogP contribution in [-0.2, 0) is 24.3 Å². The van der Waals surface area contributed by atoms with Crippen molar-refractivity contribution in [2.24, 2.45) is 0 Å². The number of nitrogens with zero attached hydrogens (tertiary/aromatic N) is 4. The van der Waals surface area contributed by atoms with Crippen molar-refractivity contribution in [3.05, 3.63) is 46.1 Å². The monoisotopic (exact) mass is 344 g/mol. The summed E-state index contributed by atoms with van der Waals surface area (Å²) >= 11 is 0. The van der Waals surface area contributed by atoms with Gasteiger partial charge >= 0.3 is 5.76 Å². The summed E-state index contributed by atoms with van der Waals surface area (Å²) < 4.78 is 12.1. The summed E-state index contributed by atoms with van der Waals surface area (Å²) in [5.74, 6) is 0.364. The van der Waals surface area contributed by atoms with Gasteiger partial charge in [0.2, 0.25) is 17.7 Å². The number of aryl methyl sites for hydroxylation is 3. The van der Waals surface area contributed by atoms with E-state index in [1.54, 1.807) is 13.1 Å². The van der Waals surface area contributed by atoms with Gasteiger partial charge in [-0.1, -0.05) is 13.0 Å². The van der Waals surface area contributed by atoms with Crippen molar-refractivity contribution >= 4 is 17.0 Å². The van der Waals surface area contributed by atoms with E-state index in [1.807, 2.05) is 26.0 Å². The van der Waals surface area contributed by atoms with Crippen LogP contribution in [0.4, 0.5) is 0 Å². The van der Waals surface area contributed by atoms with Gasteiger partial charge in [-0.2, -0.15) is 0 Å². The van der Waals surface area contributed by atoms with Gasteiger partial charge in [0.1, 0.15) is 0 Å². The van der Waals surface area contributed by atoms with Crippen LogP contribution in [-0.4, -0.2) is 32.6 Å². The Labute approximate surface area is 144 Å². The van der Waals surface area contributed by atoms with Gasteiger partial charge in [0.25, 0.3) is 0 Å². The van der Waals surface area contributed by atoms with E-state index in [4.69, 9.17) is 8.83 Å². The second kappa shape index (κ2) is 6.92. The first-order valence-electron chi connectivity index (χ1n) is 8.13. The van der Waals surface area contributed by atoms with Crippen LogP contribution in [0.1, 0.15) is 30.7 Å². The molecule has 0 aliphatic carbocycles. The number of hydrogen-bond acceptors (Lipinski definition) is 6. The third kappa shape index (κ3) is 3.62. The van der Waals surface area contributed by atoms with Crippen molar-refractivity contribution in [1.29, 1.82) is 0 Å². The van der Waals surface area contributed by atoms with Gasteiger partial charge in [-0.15, -0.1) is 10.2 Å². The molecular formula is C17H20N4O4. The van der Waals surface area contributed by atoms with Crippen molar-refractivity contribution in [2.45, 2.75) is 39.8 Å². The number of benzene rings is 1. The van der Waals surface area contributed by atoms with Crippen LogP contribution >= 0.6 is 0 Å². The van der Waals surface area contributed by atoms with Crippen LogP contribution in [0.2, 0.25) is 0 Å². The maximum Gasteiger partial charge on any atom is 0.419 e. The maximum absolute atomic E-state index is 12.3. The quantitative estimate of drug-likeness (QED) is 0.678. The zero-order valence-corrected chi connectivity index (χ0v) is 14.5. The average molecular weight is 344 g/mol. The molecule has 0 unspecified atom stereocenters. The number of fused-ring (bicyclic) bond motifs is 1. The van der Waals surface area contributed by atoms with Gasteiger partial charge in [0, 0.05) is 26.4 Å². The first-order chi connectivity index (χ1) is 12.0. The first kappa shape index (κ1) is 16.9. The minimum absolute atomic E-state index is 0.120. The lowest BCUT2D eigenvalue weighted by Gasteiger charge is -2.14. The molecule has 0 aliphatic rings. The molecular weight excluding hydrogens is 324 g/mol. The molecule has 0 fully saturated rings. The topological polar surface area (TPSA) is 94.4 Å². The van der Waals surface area contributed by atoms with Crippen LogP contribution in [0.5, 0.6) is 0 Å². The van der Waals surface area contributed by atoms with Gasteiger partial charge in [-0.05, 0) is 24.6 Å². The molecule has 1 aromatic carbocycles. The molecule has 0 bridgehead atoms. The van der Waals surface area contributed by atoms with Crippen LogP contribution in [0.3, 0.4) is 0 Å². The fraction of sp³-hybridized carbons (Fsp3) is 0.412. The second-order valence-corrected chi connectivity index (χ2v) is 5.93. The molecule has 0 saturated heterocycles. The van der Waals surface area contributed by atoms with E-state index >= 15 is 0 Å². The molecule has 3 rings (SSSR count). The minimum atomic E-state index is -0.458. The van der Waals surface area contributed by atoms with Gasteiger partial charge in [-0.25, -0.2) is 4.79 Å². The third-order valence-electron chi connectivity index (χ3n) is 3.98. The molecule has 25 heavy (non-hydrogen) atoms. The van der Waals surface area contributed by atoms with Gasteiger partial charge < -0.3 is 13.7 Å². The summed E-state index contributed by atoms with van der Waals surface area (Å²) in [5, 5.41) is 7.78. The van der Waals surface area contributed by atoms with E-state index in [2.05, 4.69) is 10.2 Å². The SMILES string of the molecule is CCc1nnc(CN(C)C(=O)CCn2c(=O)oc3ccc(C)cc32)o1. The van der Waals surface area contributed by atoms with E-state index in [0.29, 0.717) is 29.3 Å². The third-order valence-corrected chi connectivity index (χ3v) is 3.98. The summed E-state index contributed by atoms with van der Waals surface area (Å²) in [6, 6.07) is 5.51. The van der Waals surface area contributed by atoms with Crippen LogP contribution in [0.15, 0.2) is 31.8 Å². The Morgan fingerprint density at radius 3 is 2.72 bits per heavy atom. The molecule has 2 heterocycles. The largest absolute Gasteiger partial charge is 0.423 e. The Morgan fingerprint density at radius 1 is 1.24 bits per heavy atom. The summed E-state index contributed by atoms with van der Waals surface area (Å²) in [4.78, 5) is 25.8. The molecule has 0 N–H and O–H groups in total. The number of aromatic nitrogens is 3. The Balaban J connectivity index is 1.66. The van der Waals surface area contributed by atoms with Crippen LogP contribution < -0.4 is 5.76 Å². The fourth-order valence-electron chi connectivity index (χ4n) is 2.57. The number of carbonyl (C=O) groups excluding carboxylic acids is 1. The highest BCUT2D eigenvalue weighted by atomic mass is 16.4. The fourth-order valence-corrected chi connectivity index (χ4v) is 2.57. The average Bonchev–Trinajstić information content (AvgIpc) is 3.16. The van der Waals surface area contributed by atoms with E-state index < -0.39 is 5.76 Å². The molecule has 1 amide bonds. The highest BCUT2D eigenvalue weighted by Gasteiger charge is 2.15. The summed E-state index contributed by atoms with van der Waals surface area (Å²) in [5.41, 5.74) is 2.24. The highest BCUT2D eigenvalue weighted by molar-refractivity contribution is 5.77.